The number of aromatic nitrogens is 1. The molecule has 1 heterocycles. The largest absolute Gasteiger partial charge is 0.479 e. The molecule has 2 N–H and O–H groups in total. The second kappa shape index (κ2) is 3.36. The van der Waals surface area contributed by atoms with E-state index in [-0.39, 0.29) is 6.42 Å². The molecule has 0 saturated carbocycles. The predicted octanol–water partition coefficient (Wildman–Crippen LogP) is -0.0290. The van der Waals surface area contributed by atoms with Gasteiger partial charge in [-0.3, -0.25) is 0 Å². The first-order valence-electron chi connectivity index (χ1n) is 3.42. The molecule has 0 aliphatic carbocycles. The quantitative estimate of drug-likeness (QED) is 0.667. The summed E-state index contributed by atoms with van der Waals surface area (Å²) in [6.45, 7) is 1.70. The van der Waals surface area contributed by atoms with Crippen LogP contribution in [0.25, 0.3) is 0 Å². The molecule has 0 aliphatic rings. The summed E-state index contributed by atoms with van der Waals surface area (Å²) < 4.78 is 4.69. The van der Waals surface area contributed by atoms with Crippen molar-refractivity contribution in [3.05, 3.63) is 17.5 Å². The Morgan fingerprint density at radius 2 is 2.50 bits per heavy atom. The van der Waals surface area contributed by atoms with Crippen molar-refractivity contribution in [2.75, 3.05) is 0 Å². The number of aliphatic hydroxyl groups is 1. The molecular formula is C7H9NO4. The Balaban J connectivity index is 2.58. The molecule has 5 nitrogen and oxygen atoms in total. The van der Waals surface area contributed by atoms with Crippen molar-refractivity contribution in [1.29, 1.82) is 0 Å². The normalized spacial score (nSPS) is 12.8. The fourth-order valence-electron chi connectivity index (χ4n) is 0.800. The Morgan fingerprint density at radius 3 is 2.92 bits per heavy atom. The lowest BCUT2D eigenvalue weighted by Gasteiger charge is -1.99. The summed E-state index contributed by atoms with van der Waals surface area (Å²) in [4.78, 5) is 10.2. The average molecular weight is 171 g/mol. The molecular weight excluding hydrogens is 162 g/mol. The number of hydrogen-bond acceptors (Lipinski definition) is 4. The summed E-state index contributed by atoms with van der Waals surface area (Å²) in [6.07, 6.45) is -1.43. The molecule has 1 atom stereocenters. The summed E-state index contributed by atoms with van der Waals surface area (Å²) in [5.74, 6) is -0.654. The van der Waals surface area contributed by atoms with Crippen LogP contribution in [0, 0.1) is 6.92 Å². The molecule has 0 spiro atoms. The number of carboxylic acid groups (broad SMARTS) is 1. The van der Waals surface area contributed by atoms with Gasteiger partial charge in [0.15, 0.2) is 6.10 Å². The van der Waals surface area contributed by atoms with Crippen LogP contribution in [-0.4, -0.2) is 27.4 Å². The van der Waals surface area contributed by atoms with Gasteiger partial charge < -0.3 is 14.7 Å². The van der Waals surface area contributed by atoms with E-state index in [1.165, 1.54) is 0 Å². The van der Waals surface area contributed by atoms with E-state index in [1.807, 2.05) is 0 Å². The Hall–Kier alpha value is -1.36. The van der Waals surface area contributed by atoms with Crippen LogP contribution < -0.4 is 0 Å². The number of carboxylic acids is 1. The van der Waals surface area contributed by atoms with Crippen molar-refractivity contribution in [3.8, 4) is 0 Å². The maximum absolute atomic E-state index is 10.2. The van der Waals surface area contributed by atoms with Crippen LogP contribution in [0.1, 0.15) is 11.5 Å². The van der Waals surface area contributed by atoms with Crippen molar-refractivity contribution in [1.82, 2.24) is 5.16 Å². The van der Waals surface area contributed by atoms with Gasteiger partial charge in [-0.15, -0.1) is 0 Å². The number of hydrogen-bond donors (Lipinski definition) is 2. The van der Waals surface area contributed by atoms with Gasteiger partial charge in [0.2, 0.25) is 0 Å². The second-order valence-electron chi connectivity index (χ2n) is 2.49. The Morgan fingerprint density at radius 1 is 1.83 bits per heavy atom. The van der Waals surface area contributed by atoms with Crippen LogP contribution in [0.15, 0.2) is 10.6 Å². The molecule has 0 saturated heterocycles. The van der Waals surface area contributed by atoms with Crippen molar-refractivity contribution in [2.45, 2.75) is 19.4 Å². The third kappa shape index (κ3) is 2.06. The van der Waals surface area contributed by atoms with E-state index in [4.69, 9.17) is 14.7 Å². The van der Waals surface area contributed by atoms with Gasteiger partial charge in [0.05, 0.1) is 5.69 Å². The maximum Gasteiger partial charge on any atom is 0.332 e. The zero-order valence-corrected chi connectivity index (χ0v) is 6.52. The molecule has 0 bridgehead atoms. The van der Waals surface area contributed by atoms with E-state index in [0.717, 1.165) is 0 Å². The van der Waals surface area contributed by atoms with Crippen molar-refractivity contribution in [2.24, 2.45) is 0 Å². The molecule has 5 heteroatoms. The van der Waals surface area contributed by atoms with Crippen LogP contribution in [0.2, 0.25) is 0 Å². The highest BCUT2D eigenvalue weighted by Crippen LogP contribution is 2.04. The SMILES string of the molecule is Cc1cc(CC(O)C(=O)O)no1. The van der Waals surface area contributed by atoms with Crippen molar-refractivity contribution in [3.63, 3.8) is 0 Å². The summed E-state index contributed by atoms with van der Waals surface area (Å²) >= 11 is 0. The molecule has 12 heavy (non-hydrogen) atoms. The van der Waals surface area contributed by atoms with Crippen LogP contribution in [-0.2, 0) is 11.2 Å². The third-order valence-electron chi connectivity index (χ3n) is 1.36. The number of carbonyl (C=O) groups is 1. The number of nitrogens with zero attached hydrogens (tertiary/aromatic N) is 1. The van der Waals surface area contributed by atoms with Gasteiger partial charge in [-0.2, -0.15) is 0 Å². The lowest BCUT2D eigenvalue weighted by atomic mass is 10.2. The maximum atomic E-state index is 10.2. The standard InChI is InChI=1S/C7H9NO4/c1-4-2-5(8-12-4)3-6(9)7(10)11/h2,6,9H,3H2,1H3,(H,10,11). The second-order valence-corrected chi connectivity index (χ2v) is 2.49. The Kier molecular flexibility index (Phi) is 2.44. The fourth-order valence-corrected chi connectivity index (χ4v) is 0.800. The highest BCUT2D eigenvalue weighted by molar-refractivity contribution is 5.72. The number of aliphatic hydroxyl groups excluding tert-OH is 1. The molecule has 0 radical (unpaired) electrons. The first-order valence-corrected chi connectivity index (χ1v) is 3.42. The highest BCUT2D eigenvalue weighted by Gasteiger charge is 2.15. The van der Waals surface area contributed by atoms with Crippen LogP contribution in [0.5, 0.6) is 0 Å². The first-order chi connectivity index (χ1) is 5.59. The Labute approximate surface area is 68.6 Å². The zero-order chi connectivity index (χ0) is 9.14. The Bertz CT molecular complexity index is 281. The minimum atomic E-state index is -1.41. The van der Waals surface area contributed by atoms with Crippen LogP contribution in [0.4, 0.5) is 0 Å². The molecule has 1 aromatic heterocycles. The minimum Gasteiger partial charge on any atom is -0.479 e. The van der Waals surface area contributed by atoms with Crippen LogP contribution >= 0.6 is 0 Å². The van der Waals surface area contributed by atoms with Gasteiger partial charge in [0.25, 0.3) is 0 Å². The molecule has 0 amide bonds. The first kappa shape index (κ1) is 8.73. The highest BCUT2D eigenvalue weighted by atomic mass is 16.5. The van der Waals surface area contributed by atoms with Crippen LogP contribution in [0.3, 0.4) is 0 Å². The number of aryl methyl sites for hydroxylation is 1. The molecule has 66 valence electrons. The summed E-state index contributed by atoms with van der Waals surface area (Å²) in [7, 11) is 0. The summed E-state index contributed by atoms with van der Waals surface area (Å²) in [5, 5.41) is 20.8. The molecule has 1 aromatic rings. The predicted molar refractivity (Wildman–Crippen MR) is 38.6 cm³/mol. The topological polar surface area (TPSA) is 83.6 Å². The van der Waals surface area contributed by atoms with E-state index >= 15 is 0 Å². The van der Waals surface area contributed by atoms with Crippen molar-refractivity contribution >= 4 is 5.97 Å². The summed E-state index contributed by atoms with van der Waals surface area (Å²) in [6, 6.07) is 1.59. The van der Waals surface area contributed by atoms with Gasteiger partial charge in [0, 0.05) is 12.5 Å². The number of aliphatic carboxylic acids is 1. The molecule has 0 aliphatic heterocycles. The fraction of sp³-hybridized carbons (Fsp3) is 0.429. The number of rotatable bonds is 3. The van der Waals surface area contributed by atoms with E-state index in [9.17, 15) is 4.79 Å². The van der Waals surface area contributed by atoms with Gasteiger partial charge in [0.1, 0.15) is 5.76 Å². The summed E-state index contributed by atoms with van der Waals surface area (Å²) in [5.41, 5.74) is 0.447. The van der Waals surface area contributed by atoms with Gasteiger partial charge in [-0.05, 0) is 6.92 Å². The van der Waals surface area contributed by atoms with Gasteiger partial charge >= 0.3 is 5.97 Å². The molecule has 1 unspecified atom stereocenters. The van der Waals surface area contributed by atoms with Gasteiger partial charge in [-0.25, -0.2) is 4.79 Å². The molecule has 1 rings (SSSR count). The monoisotopic (exact) mass is 171 g/mol. The van der Waals surface area contributed by atoms with Gasteiger partial charge in [-0.1, -0.05) is 5.16 Å². The van der Waals surface area contributed by atoms with E-state index in [1.54, 1.807) is 13.0 Å². The lowest BCUT2D eigenvalue weighted by Crippen LogP contribution is -2.22. The minimum absolute atomic E-state index is 0.0212. The average Bonchev–Trinajstić information content (AvgIpc) is 2.35. The smallest absolute Gasteiger partial charge is 0.332 e. The lowest BCUT2D eigenvalue weighted by molar-refractivity contribution is -0.146. The van der Waals surface area contributed by atoms with E-state index < -0.39 is 12.1 Å². The van der Waals surface area contributed by atoms with Crippen molar-refractivity contribution < 1.29 is 19.5 Å². The molecule has 0 aromatic carbocycles. The zero-order valence-electron chi connectivity index (χ0n) is 6.52. The van der Waals surface area contributed by atoms with E-state index in [0.29, 0.717) is 11.5 Å². The van der Waals surface area contributed by atoms with E-state index in [2.05, 4.69) is 5.16 Å². The third-order valence-corrected chi connectivity index (χ3v) is 1.36. The molecule has 0 fully saturated rings.